The second kappa shape index (κ2) is 4.35. The number of nitrogens with one attached hydrogen (secondary N) is 1. The zero-order chi connectivity index (χ0) is 13.4. The molecule has 5 heteroatoms. The highest BCUT2D eigenvalue weighted by Gasteiger charge is 2.12. The highest BCUT2D eigenvalue weighted by Crippen LogP contribution is 2.26. The molecule has 96 valence electrons. The first-order chi connectivity index (χ1) is 9.20. The number of anilines is 1. The average Bonchev–Trinajstić information content (AvgIpc) is 2.89. The van der Waals surface area contributed by atoms with Gasteiger partial charge in [-0.25, -0.2) is 15.0 Å². The van der Waals surface area contributed by atoms with Gasteiger partial charge in [-0.2, -0.15) is 0 Å². The van der Waals surface area contributed by atoms with E-state index in [0.29, 0.717) is 0 Å². The van der Waals surface area contributed by atoms with Gasteiger partial charge in [0.2, 0.25) is 0 Å². The van der Waals surface area contributed by atoms with Crippen molar-refractivity contribution in [2.24, 2.45) is 0 Å². The molecule has 0 bridgehead atoms. The Kier molecular flexibility index (Phi) is 2.67. The Morgan fingerprint density at radius 1 is 1.16 bits per heavy atom. The molecule has 1 N–H and O–H groups in total. The third kappa shape index (κ3) is 1.83. The second-order valence-corrected chi connectivity index (χ2v) is 4.41. The Bertz CT molecular complexity index is 745. The summed E-state index contributed by atoms with van der Waals surface area (Å²) in [4.78, 5) is 13.3. The molecule has 0 fully saturated rings. The highest BCUT2D eigenvalue weighted by atomic mass is 15.0. The minimum Gasteiger partial charge on any atom is -0.373 e. The van der Waals surface area contributed by atoms with Crippen LogP contribution in [0.2, 0.25) is 0 Å². The Hall–Kier alpha value is -2.43. The summed E-state index contributed by atoms with van der Waals surface area (Å²) in [6.45, 7) is 3.92. The summed E-state index contributed by atoms with van der Waals surface area (Å²) in [5, 5.41) is 3.11. The lowest BCUT2D eigenvalue weighted by atomic mass is 10.1. The molecule has 0 aromatic carbocycles. The third-order valence-corrected chi connectivity index (χ3v) is 3.17. The van der Waals surface area contributed by atoms with Crippen LogP contribution in [-0.4, -0.2) is 26.4 Å². The van der Waals surface area contributed by atoms with Crippen molar-refractivity contribution in [3.63, 3.8) is 0 Å². The maximum absolute atomic E-state index is 4.58. The molecule has 0 atom stereocenters. The predicted molar refractivity (Wildman–Crippen MR) is 75.2 cm³/mol. The van der Waals surface area contributed by atoms with Crippen LogP contribution in [0.3, 0.4) is 0 Å². The van der Waals surface area contributed by atoms with Gasteiger partial charge in [-0.15, -0.1) is 0 Å². The van der Waals surface area contributed by atoms with Crippen LogP contribution in [0.4, 0.5) is 5.82 Å². The van der Waals surface area contributed by atoms with Gasteiger partial charge in [0.1, 0.15) is 17.3 Å². The van der Waals surface area contributed by atoms with Gasteiger partial charge >= 0.3 is 0 Å². The molecule has 0 aliphatic carbocycles. The van der Waals surface area contributed by atoms with Gasteiger partial charge in [-0.3, -0.25) is 4.40 Å². The molecule has 3 aromatic rings. The number of pyridine rings is 1. The molecule has 0 amide bonds. The van der Waals surface area contributed by atoms with Crippen molar-refractivity contribution in [2.45, 2.75) is 13.8 Å². The molecule has 5 nitrogen and oxygen atoms in total. The quantitative estimate of drug-likeness (QED) is 0.762. The van der Waals surface area contributed by atoms with E-state index in [9.17, 15) is 0 Å². The summed E-state index contributed by atoms with van der Waals surface area (Å²) in [5.74, 6) is 1.61. The summed E-state index contributed by atoms with van der Waals surface area (Å²) in [5.41, 5.74) is 3.91. The first kappa shape index (κ1) is 11.6. The molecule has 19 heavy (non-hydrogen) atoms. The van der Waals surface area contributed by atoms with Crippen LogP contribution < -0.4 is 5.32 Å². The monoisotopic (exact) mass is 253 g/mol. The highest BCUT2D eigenvalue weighted by molar-refractivity contribution is 5.67. The largest absolute Gasteiger partial charge is 0.373 e. The standard InChI is InChI=1S/C14H15N5/c1-9-13(17-10(2)18-14(9)15-3)11-5-4-6-12-16-7-8-19(11)12/h4-8H,1-3H3,(H,15,17,18). The fraction of sp³-hybridized carbons (Fsp3) is 0.214. The fourth-order valence-electron chi connectivity index (χ4n) is 2.26. The first-order valence-electron chi connectivity index (χ1n) is 6.16. The van der Waals surface area contributed by atoms with Crippen LogP contribution in [0.15, 0.2) is 30.6 Å². The van der Waals surface area contributed by atoms with E-state index >= 15 is 0 Å². The Morgan fingerprint density at radius 3 is 2.79 bits per heavy atom. The molecule has 0 aliphatic heterocycles. The minimum absolute atomic E-state index is 0.752. The fourth-order valence-corrected chi connectivity index (χ4v) is 2.26. The van der Waals surface area contributed by atoms with Crippen molar-refractivity contribution in [3.8, 4) is 11.4 Å². The normalized spacial score (nSPS) is 10.9. The van der Waals surface area contributed by atoms with E-state index in [0.717, 1.165) is 34.2 Å². The van der Waals surface area contributed by atoms with E-state index in [1.54, 1.807) is 6.20 Å². The van der Waals surface area contributed by atoms with Crippen molar-refractivity contribution >= 4 is 11.5 Å². The van der Waals surface area contributed by atoms with E-state index in [4.69, 9.17) is 0 Å². The number of fused-ring (bicyclic) bond motifs is 1. The van der Waals surface area contributed by atoms with Gasteiger partial charge in [0.05, 0.1) is 11.4 Å². The Morgan fingerprint density at radius 2 is 2.00 bits per heavy atom. The van der Waals surface area contributed by atoms with Crippen molar-refractivity contribution in [1.82, 2.24) is 19.4 Å². The van der Waals surface area contributed by atoms with Crippen LogP contribution in [0.25, 0.3) is 17.0 Å². The van der Waals surface area contributed by atoms with Gasteiger partial charge in [0, 0.05) is 25.0 Å². The molecule has 3 aromatic heterocycles. The SMILES string of the molecule is CNc1nc(C)nc(-c2cccc3nccn23)c1C. The van der Waals surface area contributed by atoms with E-state index in [-0.39, 0.29) is 0 Å². The van der Waals surface area contributed by atoms with E-state index < -0.39 is 0 Å². The number of hydrogen-bond acceptors (Lipinski definition) is 4. The molecular weight excluding hydrogens is 238 g/mol. The van der Waals surface area contributed by atoms with Crippen molar-refractivity contribution < 1.29 is 0 Å². The molecule has 0 saturated carbocycles. The van der Waals surface area contributed by atoms with Gasteiger partial charge in [0.15, 0.2) is 0 Å². The zero-order valence-corrected chi connectivity index (χ0v) is 11.2. The lowest BCUT2D eigenvalue weighted by molar-refractivity contribution is 1.02. The molecule has 3 rings (SSSR count). The predicted octanol–water partition coefficient (Wildman–Crippen LogP) is 2.45. The lowest BCUT2D eigenvalue weighted by Crippen LogP contribution is -2.04. The molecule has 0 unspecified atom stereocenters. The van der Waals surface area contributed by atoms with E-state index in [1.807, 2.05) is 49.7 Å². The molecule has 0 saturated heterocycles. The maximum atomic E-state index is 4.58. The minimum atomic E-state index is 0.752. The molecule has 0 radical (unpaired) electrons. The van der Waals surface area contributed by atoms with Crippen molar-refractivity contribution in [1.29, 1.82) is 0 Å². The van der Waals surface area contributed by atoms with E-state index in [2.05, 4.69) is 20.3 Å². The first-order valence-corrected chi connectivity index (χ1v) is 6.16. The Balaban J connectivity index is 2.32. The van der Waals surface area contributed by atoms with Gasteiger partial charge in [-0.05, 0) is 26.0 Å². The van der Waals surface area contributed by atoms with Crippen molar-refractivity contribution in [3.05, 3.63) is 42.0 Å². The molecule has 0 aliphatic rings. The molecule has 3 heterocycles. The number of aryl methyl sites for hydroxylation is 1. The lowest BCUT2D eigenvalue weighted by Gasteiger charge is -2.12. The summed E-state index contributed by atoms with van der Waals surface area (Å²) < 4.78 is 2.04. The maximum Gasteiger partial charge on any atom is 0.137 e. The van der Waals surface area contributed by atoms with Crippen LogP contribution in [-0.2, 0) is 0 Å². The third-order valence-electron chi connectivity index (χ3n) is 3.17. The number of aromatic nitrogens is 4. The number of nitrogens with zero attached hydrogens (tertiary/aromatic N) is 4. The van der Waals surface area contributed by atoms with Crippen LogP contribution in [0.1, 0.15) is 11.4 Å². The second-order valence-electron chi connectivity index (χ2n) is 4.41. The summed E-state index contributed by atoms with van der Waals surface area (Å²) in [6, 6.07) is 6.02. The summed E-state index contributed by atoms with van der Waals surface area (Å²) >= 11 is 0. The number of hydrogen-bond donors (Lipinski definition) is 1. The van der Waals surface area contributed by atoms with Gasteiger partial charge < -0.3 is 5.32 Å². The smallest absolute Gasteiger partial charge is 0.137 e. The number of imidazole rings is 1. The van der Waals surface area contributed by atoms with Crippen LogP contribution >= 0.6 is 0 Å². The van der Waals surface area contributed by atoms with Gasteiger partial charge in [0.25, 0.3) is 0 Å². The summed E-state index contributed by atoms with van der Waals surface area (Å²) in [6.07, 6.45) is 3.74. The molecule has 0 spiro atoms. The van der Waals surface area contributed by atoms with Crippen LogP contribution in [0.5, 0.6) is 0 Å². The topological polar surface area (TPSA) is 55.1 Å². The molecular formula is C14H15N5. The van der Waals surface area contributed by atoms with E-state index in [1.165, 1.54) is 0 Å². The van der Waals surface area contributed by atoms with Gasteiger partial charge in [-0.1, -0.05) is 6.07 Å². The number of rotatable bonds is 2. The van der Waals surface area contributed by atoms with Crippen molar-refractivity contribution in [2.75, 3.05) is 12.4 Å². The Labute approximate surface area is 111 Å². The zero-order valence-electron chi connectivity index (χ0n) is 11.2. The average molecular weight is 253 g/mol. The van der Waals surface area contributed by atoms with Crippen LogP contribution in [0, 0.1) is 13.8 Å². The summed E-state index contributed by atoms with van der Waals surface area (Å²) in [7, 11) is 1.87.